The lowest BCUT2D eigenvalue weighted by molar-refractivity contribution is 0.226. The third kappa shape index (κ3) is 2.33. The van der Waals surface area contributed by atoms with E-state index in [0.717, 1.165) is 0 Å². The molecule has 2 N–H and O–H groups in total. The van der Waals surface area contributed by atoms with Gasteiger partial charge in [-0.15, -0.1) is 0 Å². The summed E-state index contributed by atoms with van der Waals surface area (Å²) in [7, 11) is 0. The fraction of sp³-hybridized carbons (Fsp3) is 0.286. The maximum Gasteiger partial charge on any atom is 0.137 e. The minimum atomic E-state index is -1.53. The summed E-state index contributed by atoms with van der Waals surface area (Å²) in [5.41, 5.74) is -0.624. The van der Waals surface area contributed by atoms with Gasteiger partial charge in [0.25, 0.3) is 0 Å². The number of hydrogen-bond donors (Lipinski definition) is 2. The molecule has 1 aliphatic carbocycles. The zero-order chi connectivity index (χ0) is 12.5. The second-order valence-corrected chi connectivity index (χ2v) is 4.43. The molecule has 0 amide bonds. The van der Waals surface area contributed by atoms with E-state index in [2.05, 4.69) is 0 Å². The number of aromatic hydroxyl groups is 2. The van der Waals surface area contributed by atoms with Crippen molar-refractivity contribution in [3.05, 3.63) is 47.6 Å². The number of rotatable bonds is 2. The Kier molecular flexibility index (Phi) is 2.92. The first kappa shape index (κ1) is 11.7. The van der Waals surface area contributed by atoms with Crippen molar-refractivity contribution in [2.75, 3.05) is 0 Å². The molecule has 1 atom stereocenters. The van der Waals surface area contributed by atoms with Crippen LogP contribution in [0.1, 0.15) is 17.5 Å². The van der Waals surface area contributed by atoms with E-state index >= 15 is 0 Å². The summed E-state index contributed by atoms with van der Waals surface area (Å²) in [6.45, 7) is 1.72. The second kappa shape index (κ2) is 4.24. The highest BCUT2D eigenvalue weighted by Crippen LogP contribution is 2.36. The van der Waals surface area contributed by atoms with E-state index in [1.165, 1.54) is 12.1 Å². The predicted octanol–water partition coefficient (Wildman–Crippen LogP) is 3.17. The smallest absolute Gasteiger partial charge is 0.137 e. The maximum absolute atomic E-state index is 14.4. The molecule has 0 saturated carbocycles. The van der Waals surface area contributed by atoms with Crippen molar-refractivity contribution in [2.45, 2.75) is 25.4 Å². The van der Waals surface area contributed by atoms with Crippen LogP contribution >= 0.6 is 0 Å². The van der Waals surface area contributed by atoms with Crippen LogP contribution in [0.5, 0.6) is 11.5 Å². The van der Waals surface area contributed by atoms with Crippen LogP contribution in [0.3, 0.4) is 0 Å². The number of alkyl halides is 1. The summed E-state index contributed by atoms with van der Waals surface area (Å²) in [4.78, 5) is 0. The van der Waals surface area contributed by atoms with Crippen molar-refractivity contribution in [1.29, 1.82) is 0 Å². The molecule has 3 heteroatoms. The molecule has 1 aromatic carbocycles. The summed E-state index contributed by atoms with van der Waals surface area (Å²) in [6, 6.07) is 3.09. The normalized spacial score (nSPS) is 22.9. The Balaban J connectivity index is 2.33. The van der Waals surface area contributed by atoms with E-state index in [1.54, 1.807) is 31.2 Å². The van der Waals surface area contributed by atoms with Crippen molar-refractivity contribution in [3.63, 3.8) is 0 Å². The second-order valence-electron chi connectivity index (χ2n) is 4.43. The molecular formula is C14H15FO2. The lowest BCUT2D eigenvalue weighted by atomic mass is 9.88. The Labute approximate surface area is 99.7 Å². The molecule has 0 saturated heterocycles. The van der Waals surface area contributed by atoms with Gasteiger partial charge < -0.3 is 10.2 Å². The minimum Gasteiger partial charge on any atom is -0.508 e. The van der Waals surface area contributed by atoms with E-state index in [9.17, 15) is 14.6 Å². The molecule has 90 valence electrons. The van der Waals surface area contributed by atoms with E-state index in [-0.39, 0.29) is 29.9 Å². The molecule has 1 unspecified atom stereocenters. The molecule has 0 bridgehead atoms. The SMILES string of the molecule is Cc1ccc(O)c(CC2(F)C=CC=CC2)c1O. The van der Waals surface area contributed by atoms with Gasteiger partial charge in [-0.1, -0.05) is 24.3 Å². The first-order valence-electron chi connectivity index (χ1n) is 5.55. The van der Waals surface area contributed by atoms with Crippen LogP contribution in [0, 0.1) is 6.92 Å². The molecule has 17 heavy (non-hydrogen) atoms. The summed E-state index contributed by atoms with van der Waals surface area (Å²) >= 11 is 0. The summed E-state index contributed by atoms with van der Waals surface area (Å²) in [6.07, 6.45) is 6.88. The third-order valence-corrected chi connectivity index (χ3v) is 3.03. The molecule has 0 fully saturated rings. The Hall–Kier alpha value is -1.77. The lowest BCUT2D eigenvalue weighted by Gasteiger charge is -2.23. The predicted molar refractivity (Wildman–Crippen MR) is 64.9 cm³/mol. The van der Waals surface area contributed by atoms with Crippen LogP contribution in [-0.2, 0) is 6.42 Å². The molecule has 1 aliphatic rings. The Morgan fingerprint density at radius 3 is 2.71 bits per heavy atom. The van der Waals surface area contributed by atoms with Crippen LogP contribution < -0.4 is 0 Å². The number of hydrogen-bond acceptors (Lipinski definition) is 2. The van der Waals surface area contributed by atoms with Crippen molar-refractivity contribution >= 4 is 0 Å². The Morgan fingerprint density at radius 1 is 1.29 bits per heavy atom. The first-order valence-corrected chi connectivity index (χ1v) is 5.55. The number of allylic oxidation sites excluding steroid dienone is 4. The zero-order valence-electron chi connectivity index (χ0n) is 9.65. The highest BCUT2D eigenvalue weighted by Gasteiger charge is 2.29. The van der Waals surface area contributed by atoms with E-state index in [4.69, 9.17) is 0 Å². The van der Waals surface area contributed by atoms with Gasteiger partial charge in [-0.3, -0.25) is 0 Å². The van der Waals surface area contributed by atoms with Gasteiger partial charge in [0.2, 0.25) is 0 Å². The molecule has 0 aromatic heterocycles. The molecular weight excluding hydrogens is 219 g/mol. The standard InChI is InChI=1S/C14H15FO2/c1-10-5-6-12(16)11(13(10)17)9-14(15)7-3-2-4-8-14/h2-7,16-17H,8-9H2,1H3. The van der Waals surface area contributed by atoms with Crippen LogP contribution in [0.15, 0.2) is 36.4 Å². The van der Waals surface area contributed by atoms with Gasteiger partial charge in [0.15, 0.2) is 0 Å². The molecule has 1 aromatic rings. The highest BCUT2D eigenvalue weighted by molar-refractivity contribution is 5.49. The van der Waals surface area contributed by atoms with Gasteiger partial charge in [-0.25, -0.2) is 4.39 Å². The quantitative estimate of drug-likeness (QED) is 0.825. The maximum atomic E-state index is 14.4. The van der Waals surface area contributed by atoms with E-state index in [1.807, 2.05) is 0 Å². The fourth-order valence-electron chi connectivity index (χ4n) is 1.98. The topological polar surface area (TPSA) is 40.5 Å². The number of aryl methyl sites for hydroxylation is 1. The number of phenolic OH excluding ortho intramolecular Hbond substituents is 2. The van der Waals surface area contributed by atoms with Crippen LogP contribution in [0.4, 0.5) is 4.39 Å². The Morgan fingerprint density at radius 2 is 2.06 bits per heavy atom. The molecule has 0 spiro atoms. The highest BCUT2D eigenvalue weighted by atomic mass is 19.1. The summed E-state index contributed by atoms with van der Waals surface area (Å²) in [5, 5.41) is 19.5. The van der Waals surface area contributed by atoms with Crippen LogP contribution in [-0.4, -0.2) is 15.9 Å². The number of phenols is 2. The van der Waals surface area contributed by atoms with Gasteiger partial charge >= 0.3 is 0 Å². The summed E-state index contributed by atoms with van der Waals surface area (Å²) in [5.74, 6) is -0.0851. The number of halogens is 1. The Bertz CT molecular complexity index is 491. The monoisotopic (exact) mass is 234 g/mol. The van der Waals surface area contributed by atoms with Crippen molar-refractivity contribution in [3.8, 4) is 11.5 Å². The van der Waals surface area contributed by atoms with Crippen LogP contribution in [0.2, 0.25) is 0 Å². The summed E-state index contributed by atoms with van der Waals surface area (Å²) < 4.78 is 14.4. The van der Waals surface area contributed by atoms with Gasteiger partial charge in [-0.05, 0) is 24.6 Å². The van der Waals surface area contributed by atoms with Gasteiger partial charge in [0.1, 0.15) is 17.2 Å². The average molecular weight is 234 g/mol. The van der Waals surface area contributed by atoms with Crippen molar-refractivity contribution < 1.29 is 14.6 Å². The molecule has 2 nitrogen and oxygen atoms in total. The number of benzene rings is 1. The lowest BCUT2D eigenvalue weighted by Crippen LogP contribution is -2.23. The van der Waals surface area contributed by atoms with Crippen molar-refractivity contribution in [1.82, 2.24) is 0 Å². The first-order chi connectivity index (χ1) is 8.02. The van der Waals surface area contributed by atoms with E-state index < -0.39 is 5.67 Å². The minimum absolute atomic E-state index is 0.0206. The molecule has 0 radical (unpaired) electrons. The molecule has 2 rings (SSSR count). The largest absolute Gasteiger partial charge is 0.508 e. The van der Waals surface area contributed by atoms with E-state index in [0.29, 0.717) is 5.56 Å². The zero-order valence-corrected chi connectivity index (χ0v) is 9.65. The molecule has 0 aliphatic heterocycles. The van der Waals surface area contributed by atoms with Gasteiger partial charge in [0, 0.05) is 18.4 Å². The van der Waals surface area contributed by atoms with Crippen molar-refractivity contribution in [2.24, 2.45) is 0 Å². The van der Waals surface area contributed by atoms with Gasteiger partial charge in [0.05, 0.1) is 0 Å². The van der Waals surface area contributed by atoms with Gasteiger partial charge in [-0.2, -0.15) is 0 Å². The third-order valence-electron chi connectivity index (χ3n) is 3.03. The van der Waals surface area contributed by atoms with Crippen LogP contribution in [0.25, 0.3) is 0 Å². The fourth-order valence-corrected chi connectivity index (χ4v) is 1.98. The average Bonchev–Trinajstić information content (AvgIpc) is 2.31. The molecule has 0 heterocycles.